The summed E-state index contributed by atoms with van der Waals surface area (Å²) in [5.41, 5.74) is 0.996. The summed E-state index contributed by atoms with van der Waals surface area (Å²) in [5, 5.41) is 10.2. The number of rotatable bonds is 5. The number of aromatic amines is 1. The van der Waals surface area contributed by atoms with E-state index in [-0.39, 0.29) is 16.5 Å². The molecule has 0 unspecified atom stereocenters. The minimum absolute atomic E-state index is 0.0236. The number of hydrogen-bond donors (Lipinski definition) is 2. The molecule has 158 valence electrons. The van der Waals surface area contributed by atoms with Crippen LogP contribution in [-0.4, -0.2) is 76.4 Å². The van der Waals surface area contributed by atoms with E-state index in [1.165, 1.54) is 12.1 Å². The van der Waals surface area contributed by atoms with E-state index in [0.717, 1.165) is 17.3 Å². The minimum Gasteiger partial charge on any atom is -0.356 e. The second-order valence-corrected chi connectivity index (χ2v) is 7.72. The molecule has 2 aromatic rings. The Kier molecular flexibility index (Phi) is 6.01. The van der Waals surface area contributed by atoms with Crippen molar-refractivity contribution in [1.29, 1.82) is 0 Å². The fourth-order valence-electron chi connectivity index (χ4n) is 3.47. The Balaban J connectivity index is 1.31. The monoisotopic (exact) mass is 431 g/mol. The summed E-state index contributed by atoms with van der Waals surface area (Å²) < 4.78 is 14.2. The van der Waals surface area contributed by atoms with Crippen molar-refractivity contribution in [1.82, 2.24) is 24.9 Å². The van der Waals surface area contributed by atoms with Gasteiger partial charge in [0.25, 0.3) is 5.91 Å². The Bertz CT molecular complexity index is 981. The van der Waals surface area contributed by atoms with Crippen LogP contribution in [0.1, 0.15) is 16.1 Å². The average Bonchev–Trinajstić information content (AvgIpc) is 3.15. The zero-order valence-electron chi connectivity index (χ0n) is 16.6. The highest BCUT2D eigenvalue weighted by atomic mass is 35.5. The molecule has 10 heteroatoms. The van der Waals surface area contributed by atoms with Gasteiger partial charge in [0.15, 0.2) is 11.6 Å². The largest absolute Gasteiger partial charge is 0.356 e. The fraction of sp³-hybridized carbons (Fsp3) is 0.350. The lowest BCUT2D eigenvalue weighted by molar-refractivity contribution is 0.0573. The number of aromatic nitrogens is 2. The molecule has 1 aromatic carbocycles. The summed E-state index contributed by atoms with van der Waals surface area (Å²) in [6.07, 6.45) is 3.81. The molecule has 1 amide bonds. The van der Waals surface area contributed by atoms with Crippen LogP contribution < -0.4 is 5.32 Å². The summed E-state index contributed by atoms with van der Waals surface area (Å²) in [6.45, 7) is 5.84. The Hall–Kier alpha value is -2.91. The number of hydrogen-bond acceptors (Lipinski definition) is 6. The van der Waals surface area contributed by atoms with E-state index in [1.807, 2.05) is 25.4 Å². The van der Waals surface area contributed by atoms with Crippen molar-refractivity contribution < 1.29 is 9.18 Å². The number of anilines is 1. The van der Waals surface area contributed by atoms with Crippen LogP contribution in [0, 0.1) is 12.7 Å². The Morgan fingerprint density at radius 3 is 2.83 bits per heavy atom. The van der Waals surface area contributed by atoms with Crippen LogP contribution in [0.15, 0.2) is 41.3 Å². The number of benzene rings is 1. The molecule has 0 radical (unpaired) electrons. The number of piperazine rings is 1. The summed E-state index contributed by atoms with van der Waals surface area (Å²) >= 11 is 5.81. The Morgan fingerprint density at radius 1 is 1.30 bits per heavy atom. The second kappa shape index (κ2) is 8.85. The molecule has 2 aliphatic heterocycles. The maximum Gasteiger partial charge on any atom is 0.256 e. The third-order valence-electron chi connectivity index (χ3n) is 5.04. The van der Waals surface area contributed by atoms with Crippen molar-refractivity contribution in [3.8, 4) is 0 Å². The molecule has 1 fully saturated rings. The molecule has 2 N–H and O–H groups in total. The van der Waals surface area contributed by atoms with Crippen LogP contribution in [0.3, 0.4) is 0 Å². The van der Waals surface area contributed by atoms with E-state index < -0.39 is 5.82 Å². The van der Waals surface area contributed by atoms with Gasteiger partial charge in [0, 0.05) is 50.4 Å². The van der Waals surface area contributed by atoms with Crippen LogP contribution in [0.5, 0.6) is 0 Å². The van der Waals surface area contributed by atoms with Crippen molar-refractivity contribution >= 4 is 29.5 Å². The van der Waals surface area contributed by atoms with Gasteiger partial charge in [-0.15, -0.1) is 0 Å². The summed E-state index contributed by atoms with van der Waals surface area (Å²) in [4.78, 5) is 23.1. The maximum absolute atomic E-state index is 14.2. The van der Waals surface area contributed by atoms with Crippen LogP contribution in [0.4, 0.5) is 10.2 Å². The molecular weight excluding hydrogens is 409 g/mol. The van der Waals surface area contributed by atoms with Crippen LogP contribution in [-0.2, 0) is 0 Å². The van der Waals surface area contributed by atoms with Crippen molar-refractivity contribution in [2.45, 2.75) is 6.92 Å². The zero-order chi connectivity index (χ0) is 21.1. The molecule has 0 bridgehead atoms. The summed E-state index contributed by atoms with van der Waals surface area (Å²) in [6, 6.07) is 6.42. The van der Waals surface area contributed by atoms with E-state index in [4.69, 9.17) is 11.6 Å². The first-order valence-electron chi connectivity index (χ1n) is 9.72. The molecule has 0 aliphatic carbocycles. The third-order valence-corrected chi connectivity index (χ3v) is 5.33. The number of halogens is 2. The topological polar surface area (TPSA) is 79.9 Å². The van der Waals surface area contributed by atoms with E-state index >= 15 is 0 Å². The molecule has 8 nitrogen and oxygen atoms in total. The van der Waals surface area contributed by atoms with Crippen molar-refractivity contribution in [3.63, 3.8) is 0 Å². The van der Waals surface area contributed by atoms with Crippen LogP contribution >= 0.6 is 11.6 Å². The van der Waals surface area contributed by atoms with E-state index in [1.54, 1.807) is 11.0 Å². The van der Waals surface area contributed by atoms with Gasteiger partial charge in [0.1, 0.15) is 5.82 Å². The molecular formula is C20H23ClFN7O. The van der Waals surface area contributed by atoms with Gasteiger partial charge in [-0.3, -0.25) is 14.8 Å². The van der Waals surface area contributed by atoms with Gasteiger partial charge in [0.05, 0.1) is 23.8 Å². The molecule has 30 heavy (non-hydrogen) atoms. The SMILES string of the molecule is Cc1cc(NC2=CN(CN3CCN(C(=O)c4cccc(Cl)c4F)CC3)CC=N2)n[nH]1. The highest BCUT2D eigenvalue weighted by molar-refractivity contribution is 6.31. The van der Waals surface area contributed by atoms with Gasteiger partial charge in [-0.2, -0.15) is 5.10 Å². The summed E-state index contributed by atoms with van der Waals surface area (Å²) in [7, 11) is 0. The lowest BCUT2D eigenvalue weighted by Gasteiger charge is -2.37. The number of carbonyl (C=O) groups excluding carboxylic acids is 1. The molecule has 0 atom stereocenters. The number of aryl methyl sites for hydroxylation is 1. The van der Waals surface area contributed by atoms with Crippen molar-refractivity contribution in [2.75, 3.05) is 44.7 Å². The van der Waals surface area contributed by atoms with Crippen molar-refractivity contribution in [3.05, 3.63) is 58.4 Å². The molecule has 1 saturated heterocycles. The number of nitrogens with zero attached hydrogens (tertiary/aromatic N) is 5. The summed E-state index contributed by atoms with van der Waals surface area (Å²) in [5.74, 6) is 0.466. The first-order chi connectivity index (χ1) is 14.5. The zero-order valence-corrected chi connectivity index (χ0v) is 17.4. The van der Waals surface area contributed by atoms with Gasteiger partial charge < -0.3 is 15.1 Å². The lowest BCUT2D eigenvalue weighted by atomic mass is 10.1. The molecule has 1 aromatic heterocycles. The molecule has 3 heterocycles. The normalized spacial score (nSPS) is 17.2. The third kappa shape index (κ3) is 4.63. The predicted molar refractivity (Wildman–Crippen MR) is 114 cm³/mol. The van der Waals surface area contributed by atoms with Gasteiger partial charge in [-0.1, -0.05) is 17.7 Å². The van der Waals surface area contributed by atoms with Gasteiger partial charge in [-0.25, -0.2) is 9.38 Å². The average molecular weight is 432 g/mol. The smallest absolute Gasteiger partial charge is 0.256 e. The standard InChI is InChI=1S/C20H23ClFN7O/c1-14-11-17(26-25-14)24-18-12-28(6-5-23-18)13-27-7-9-29(10-8-27)20(30)15-3-2-4-16(21)19(15)22/h2-5,11-12H,6-10,13H2,1H3,(H2,24,25,26). The first-order valence-corrected chi connectivity index (χ1v) is 10.1. The van der Waals surface area contributed by atoms with Gasteiger partial charge in [-0.05, 0) is 19.1 Å². The maximum atomic E-state index is 14.2. The first kappa shape index (κ1) is 20.4. The molecule has 2 aliphatic rings. The highest BCUT2D eigenvalue weighted by Gasteiger charge is 2.25. The lowest BCUT2D eigenvalue weighted by Crippen LogP contribution is -2.51. The molecule has 4 rings (SSSR count). The Morgan fingerprint density at radius 2 is 2.10 bits per heavy atom. The number of carbonyl (C=O) groups is 1. The van der Waals surface area contributed by atoms with Crippen molar-refractivity contribution in [2.24, 2.45) is 4.99 Å². The number of nitrogens with one attached hydrogen (secondary N) is 2. The Labute approximate surface area is 179 Å². The van der Waals surface area contributed by atoms with Gasteiger partial charge >= 0.3 is 0 Å². The van der Waals surface area contributed by atoms with E-state index in [9.17, 15) is 9.18 Å². The predicted octanol–water partition coefficient (Wildman–Crippen LogP) is 2.52. The minimum atomic E-state index is -0.656. The number of H-pyrrole nitrogens is 1. The number of amides is 1. The molecule has 0 saturated carbocycles. The second-order valence-electron chi connectivity index (χ2n) is 7.31. The van der Waals surface area contributed by atoms with Crippen LogP contribution in [0.2, 0.25) is 5.02 Å². The van der Waals surface area contributed by atoms with Crippen LogP contribution in [0.25, 0.3) is 0 Å². The van der Waals surface area contributed by atoms with E-state index in [0.29, 0.717) is 39.4 Å². The highest BCUT2D eigenvalue weighted by Crippen LogP contribution is 2.20. The number of aliphatic imine (C=N–C) groups is 1. The van der Waals surface area contributed by atoms with E-state index in [2.05, 4.69) is 30.3 Å². The quantitative estimate of drug-likeness (QED) is 0.760. The van der Waals surface area contributed by atoms with Gasteiger partial charge in [0.2, 0.25) is 0 Å². The molecule has 0 spiro atoms. The fourth-order valence-corrected chi connectivity index (χ4v) is 3.64.